The van der Waals surface area contributed by atoms with Crippen LogP contribution < -0.4 is 4.74 Å². The van der Waals surface area contributed by atoms with Gasteiger partial charge in [0, 0.05) is 40.0 Å². The summed E-state index contributed by atoms with van der Waals surface area (Å²) in [5.41, 5.74) is 0. The van der Waals surface area contributed by atoms with E-state index in [1.54, 1.807) is 30.3 Å². The van der Waals surface area contributed by atoms with Gasteiger partial charge in [0.05, 0.1) is 5.02 Å². The smallest absolute Gasteiger partial charge is 0.169 e. The minimum absolute atomic E-state index is 0. The number of hydrogen-bond acceptors (Lipinski definition) is 2. The molecular formula is C12H8Cl3FO2Sn. The van der Waals surface area contributed by atoms with Gasteiger partial charge in [-0.3, -0.25) is 4.70 Å². The molecule has 0 heterocycles. The van der Waals surface area contributed by atoms with Crippen molar-refractivity contribution in [2.45, 2.75) is 0 Å². The predicted octanol–water partition coefficient (Wildman–Crippen LogP) is 4.92. The summed E-state index contributed by atoms with van der Waals surface area (Å²) in [6.07, 6.45) is 0. The van der Waals surface area contributed by atoms with Crippen molar-refractivity contribution < 1.29 is 14.5 Å². The first-order valence-electron chi connectivity index (χ1n) is 4.67. The first-order chi connectivity index (χ1) is 8.06. The summed E-state index contributed by atoms with van der Waals surface area (Å²) >= 11 is 17.4. The van der Waals surface area contributed by atoms with Gasteiger partial charge in [-0.05, 0) is 30.3 Å². The van der Waals surface area contributed by atoms with Crippen LogP contribution in [0.3, 0.4) is 0 Å². The molecule has 0 aliphatic heterocycles. The molecule has 0 amide bonds. The van der Waals surface area contributed by atoms with E-state index in [2.05, 4.69) is 0 Å². The zero-order valence-corrected chi connectivity index (χ0v) is 14.5. The number of phenols is 1. The first kappa shape index (κ1) is 18.6. The molecule has 1 N–H and O–H groups in total. The van der Waals surface area contributed by atoms with E-state index in [0.717, 1.165) is 0 Å². The van der Waals surface area contributed by atoms with Crippen molar-refractivity contribution in [1.82, 2.24) is 0 Å². The summed E-state index contributed by atoms with van der Waals surface area (Å²) < 4.78 is 5.45. The van der Waals surface area contributed by atoms with E-state index in [9.17, 15) is 5.11 Å². The molecule has 0 aliphatic carbocycles. The monoisotopic (exact) mass is 428 g/mol. The number of rotatable bonds is 2. The van der Waals surface area contributed by atoms with Crippen LogP contribution in [0.25, 0.3) is 0 Å². The van der Waals surface area contributed by atoms with Gasteiger partial charge >= 0.3 is 0 Å². The molecule has 0 aromatic heterocycles. The van der Waals surface area contributed by atoms with Gasteiger partial charge < -0.3 is 9.84 Å². The van der Waals surface area contributed by atoms with Crippen LogP contribution in [0.4, 0.5) is 4.70 Å². The molecular weight excluding hydrogens is 420 g/mol. The average Bonchev–Trinajstić information content (AvgIpc) is 2.25. The second kappa shape index (κ2) is 8.04. The van der Waals surface area contributed by atoms with Crippen LogP contribution in [-0.2, 0) is 0 Å². The summed E-state index contributed by atoms with van der Waals surface area (Å²) in [6.45, 7) is 0. The Balaban J connectivity index is 0.00000162. The van der Waals surface area contributed by atoms with Gasteiger partial charge in [0.15, 0.2) is 11.5 Å². The first-order valence-corrected chi connectivity index (χ1v) is 5.81. The molecule has 2 nitrogen and oxygen atoms in total. The molecule has 4 radical (unpaired) electrons. The van der Waals surface area contributed by atoms with Crippen molar-refractivity contribution in [3.8, 4) is 17.2 Å². The van der Waals surface area contributed by atoms with Crippen molar-refractivity contribution in [2.24, 2.45) is 0 Å². The molecule has 0 spiro atoms. The molecule has 2 rings (SSSR count). The standard InChI is InChI=1S/C12H7Cl3O2.FH.Sn/c13-7-1-3-11(9(15)5-7)17-12-4-2-8(14)6-10(12)16;;/h1-6,16H;1H;. The molecule has 19 heavy (non-hydrogen) atoms. The van der Waals surface area contributed by atoms with E-state index in [4.69, 9.17) is 39.5 Å². The van der Waals surface area contributed by atoms with Gasteiger partial charge in [0.2, 0.25) is 0 Å². The molecule has 0 aliphatic rings. The van der Waals surface area contributed by atoms with E-state index in [1.165, 1.54) is 6.07 Å². The number of hydrogen-bond donors (Lipinski definition) is 1. The second-order valence-electron chi connectivity index (χ2n) is 3.29. The minimum atomic E-state index is -0.0523. The van der Waals surface area contributed by atoms with Crippen LogP contribution in [0.15, 0.2) is 36.4 Å². The third-order valence-electron chi connectivity index (χ3n) is 2.03. The summed E-state index contributed by atoms with van der Waals surface area (Å²) in [5, 5.41) is 10.9. The van der Waals surface area contributed by atoms with Crippen molar-refractivity contribution >= 4 is 58.7 Å². The molecule has 2 aromatic carbocycles. The normalized spacial score (nSPS) is 9.21. The number of aromatic hydroxyl groups is 1. The van der Waals surface area contributed by atoms with Gasteiger partial charge in [-0.2, -0.15) is 0 Å². The van der Waals surface area contributed by atoms with Crippen LogP contribution in [-0.4, -0.2) is 29.0 Å². The molecule has 100 valence electrons. The number of halogens is 4. The largest absolute Gasteiger partial charge is 0.504 e. The molecule has 2 aromatic rings. The maximum atomic E-state index is 9.62. The SMILES string of the molecule is F.Oc1cc(Cl)ccc1Oc1ccc(Cl)cc1Cl.[Sn]. The molecule has 0 unspecified atom stereocenters. The Morgan fingerprint density at radius 1 is 0.842 bits per heavy atom. The summed E-state index contributed by atoms with van der Waals surface area (Å²) in [4.78, 5) is 0. The maximum Gasteiger partial charge on any atom is 0.169 e. The molecule has 0 saturated carbocycles. The van der Waals surface area contributed by atoms with E-state index >= 15 is 0 Å². The van der Waals surface area contributed by atoms with Gasteiger partial charge in [-0.25, -0.2) is 0 Å². The number of benzene rings is 2. The van der Waals surface area contributed by atoms with Crippen molar-refractivity contribution in [2.75, 3.05) is 0 Å². The Morgan fingerprint density at radius 3 is 1.89 bits per heavy atom. The third-order valence-corrected chi connectivity index (χ3v) is 2.80. The fraction of sp³-hybridized carbons (Fsp3) is 0. The number of ether oxygens (including phenoxy) is 1. The average molecular weight is 428 g/mol. The van der Waals surface area contributed by atoms with Gasteiger partial charge in [0.25, 0.3) is 0 Å². The fourth-order valence-corrected chi connectivity index (χ4v) is 1.87. The van der Waals surface area contributed by atoms with E-state index < -0.39 is 0 Å². The van der Waals surface area contributed by atoms with Crippen molar-refractivity contribution in [3.63, 3.8) is 0 Å². The zero-order chi connectivity index (χ0) is 12.4. The van der Waals surface area contributed by atoms with E-state index in [1.807, 2.05) is 0 Å². The Kier molecular flexibility index (Phi) is 7.89. The van der Waals surface area contributed by atoms with Crippen LogP contribution in [0.2, 0.25) is 15.1 Å². The third kappa shape index (κ3) is 4.91. The van der Waals surface area contributed by atoms with Gasteiger partial charge in [0.1, 0.15) is 5.75 Å². The van der Waals surface area contributed by atoms with Crippen LogP contribution >= 0.6 is 34.8 Å². The molecule has 0 atom stereocenters. The van der Waals surface area contributed by atoms with Crippen molar-refractivity contribution in [3.05, 3.63) is 51.5 Å². The van der Waals surface area contributed by atoms with E-state index in [-0.39, 0.29) is 40.1 Å². The second-order valence-corrected chi connectivity index (χ2v) is 4.57. The molecule has 0 fully saturated rings. The molecule has 7 heteroatoms. The predicted molar refractivity (Wildman–Crippen MR) is 77.9 cm³/mol. The summed E-state index contributed by atoms with van der Waals surface area (Å²) in [7, 11) is 0. The molecule has 0 bridgehead atoms. The van der Waals surface area contributed by atoms with Crippen LogP contribution in [0.1, 0.15) is 0 Å². The van der Waals surface area contributed by atoms with Crippen molar-refractivity contribution in [1.29, 1.82) is 0 Å². The fourth-order valence-electron chi connectivity index (χ4n) is 1.25. The minimum Gasteiger partial charge on any atom is -0.504 e. The number of phenolic OH excluding ortho intramolecular Hbond substituents is 1. The van der Waals surface area contributed by atoms with Gasteiger partial charge in [-0.1, -0.05) is 34.8 Å². The Hall–Kier alpha value is -0.361. The summed E-state index contributed by atoms with van der Waals surface area (Å²) in [5.74, 6) is 0.635. The quantitative estimate of drug-likeness (QED) is 0.689. The maximum absolute atomic E-state index is 9.62. The van der Waals surface area contributed by atoms with Crippen LogP contribution in [0.5, 0.6) is 17.2 Å². The zero-order valence-electron chi connectivity index (χ0n) is 9.36. The molecule has 0 saturated heterocycles. The van der Waals surface area contributed by atoms with E-state index in [0.29, 0.717) is 20.8 Å². The topological polar surface area (TPSA) is 29.5 Å². The van der Waals surface area contributed by atoms with Gasteiger partial charge in [-0.15, -0.1) is 0 Å². The Bertz CT molecular complexity index is 517. The van der Waals surface area contributed by atoms with Crippen LogP contribution in [0, 0.1) is 0 Å². The Morgan fingerprint density at radius 2 is 1.37 bits per heavy atom. The summed E-state index contributed by atoms with van der Waals surface area (Å²) in [6, 6.07) is 9.39. The Labute approximate surface area is 141 Å².